The van der Waals surface area contributed by atoms with Crippen LogP contribution < -0.4 is 4.74 Å². The minimum atomic E-state index is 0.192. The fraction of sp³-hybridized carbons (Fsp3) is 0.647. The molecule has 1 aliphatic heterocycles. The van der Waals surface area contributed by atoms with Gasteiger partial charge in [0.25, 0.3) is 0 Å². The van der Waals surface area contributed by atoms with E-state index < -0.39 is 0 Å². The van der Waals surface area contributed by atoms with Gasteiger partial charge in [-0.2, -0.15) is 12.6 Å². The molecule has 0 unspecified atom stereocenters. The van der Waals surface area contributed by atoms with E-state index in [0.717, 1.165) is 44.2 Å². The summed E-state index contributed by atoms with van der Waals surface area (Å²) in [5, 5.41) is 0. The summed E-state index contributed by atoms with van der Waals surface area (Å²) in [4.78, 5) is 0. The Morgan fingerprint density at radius 1 is 1.10 bits per heavy atom. The lowest BCUT2D eigenvalue weighted by Crippen LogP contribution is -2.36. The number of hydrogen-bond acceptors (Lipinski definition) is 3. The van der Waals surface area contributed by atoms with Crippen molar-refractivity contribution in [2.75, 3.05) is 25.6 Å². The molecule has 3 heteroatoms. The van der Waals surface area contributed by atoms with Gasteiger partial charge in [0.05, 0.1) is 6.61 Å². The van der Waals surface area contributed by atoms with Crippen LogP contribution in [0.15, 0.2) is 18.2 Å². The van der Waals surface area contributed by atoms with Crippen molar-refractivity contribution < 1.29 is 9.47 Å². The highest BCUT2D eigenvalue weighted by Gasteiger charge is 2.32. The first-order valence-corrected chi connectivity index (χ1v) is 8.38. The predicted molar refractivity (Wildman–Crippen MR) is 84.9 cm³/mol. The summed E-state index contributed by atoms with van der Waals surface area (Å²) >= 11 is 4.54. The average Bonchev–Trinajstić information content (AvgIpc) is 2.54. The number of ether oxygens (including phenoxy) is 2. The molecule has 0 aromatic heterocycles. The lowest BCUT2D eigenvalue weighted by Gasteiger charge is -2.35. The first-order valence-electron chi connectivity index (χ1n) is 7.75. The maximum atomic E-state index is 6.10. The van der Waals surface area contributed by atoms with Crippen LogP contribution in [0.1, 0.15) is 36.8 Å². The van der Waals surface area contributed by atoms with Crippen molar-refractivity contribution in [3.8, 4) is 5.75 Å². The lowest BCUT2D eigenvalue weighted by atomic mass is 9.83. The van der Waals surface area contributed by atoms with E-state index >= 15 is 0 Å². The average molecular weight is 292 g/mol. The zero-order valence-electron chi connectivity index (χ0n) is 12.1. The van der Waals surface area contributed by atoms with Crippen molar-refractivity contribution in [1.82, 2.24) is 0 Å². The van der Waals surface area contributed by atoms with Gasteiger partial charge < -0.3 is 9.47 Å². The Labute approximate surface area is 127 Å². The van der Waals surface area contributed by atoms with Crippen LogP contribution in [0.2, 0.25) is 0 Å². The van der Waals surface area contributed by atoms with Gasteiger partial charge in [-0.3, -0.25) is 0 Å². The van der Waals surface area contributed by atoms with E-state index in [1.165, 1.54) is 36.8 Å². The van der Waals surface area contributed by atoms with Gasteiger partial charge in [-0.25, -0.2) is 0 Å². The van der Waals surface area contributed by atoms with Crippen LogP contribution in [0.4, 0.5) is 0 Å². The number of fused-ring (bicyclic) bond motifs is 1. The van der Waals surface area contributed by atoms with Gasteiger partial charge in [-0.15, -0.1) is 0 Å². The van der Waals surface area contributed by atoms with E-state index in [1.807, 2.05) is 0 Å². The van der Waals surface area contributed by atoms with Crippen molar-refractivity contribution in [2.24, 2.45) is 5.41 Å². The van der Waals surface area contributed by atoms with Crippen LogP contribution in [0.25, 0.3) is 0 Å². The SMILES string of the molecule is SCC1(COc2ccc3c(c2)CCCC3)CCOCC1. The molecule has 0 radical (unpaired) electrons. The summed E-state index contributed by atoms with van der Waals surface area (Å²) < 4.78 is 11.6. The van der Waals surface area contributed by atoms with Crippen LogP contribution in [0, 0.1) is 5.41 Å². The molecule has 0 N–H and O–H groups in total. The highest BCUT2D eigenvalue weighted by Crippen LogP contribution is 2.33. The van der Waals surface area contributed by atoms with Gasteiger partial charge >= 0.3 is 0 Å². The normalized spacial score (nSPS) is 21.2. The molecule has 0 atom stereocenters. The largest absolute Gasteiger partial charge is 0.493 e. The summed E-state index contributed by atoms with van der Waals surface area (Å²) in [6.45, 7) is 2.45. The van der Waals surface area contributed by atoms with Gasteiger partial charge in [0, 0.05) is 18.6 Å². The first-order chi connectivity index (χ1) is 9.81. The standard InChI is InChI=1S/C17H24O2S/c20-13-17(7-9-18-10-8-17)12-19-16-6-5-14-3-1-2-4-15(14)11-16/h5-6,11,20H,1-4,7-10,12-13H2. The van der Waals surface area contributed by atoms with Crippen molar-refractivity contribution in [2.45, 2.75) is 38.5 Å². The quantitative estimate of drug-likeness (QED) is 0.854. The maximum Gasteiger partial charge on any atom is 0.119 e. The minimum Gasteiger partial charge on any atom is -0.493 e. The molecule has 1 aromatic rings. The molecule has 0 amide bonds. The third kappa shape index (κ3) is 3.15. The smallest absolute Gasteiger partial charge is 0.119 e. The number of aryl methyl sites for hydroxylation is 2. The molecule has 110 valence electrons. The molecule has 0 saturated carbocycles. The Kier molecular flexibility index (Phi) is 4.57. The van der Waals surface area contributed by atoms with E-state index in [0.29, 0.717) is 0 Å². The van der Waals surface area contributed by atoms with E-state index in [-0.39, 0.29) is 5.41 Å². The van der Waals surface area contributed by atoms with E-state index in [4.69, 9.17) is 9.47 Å². The van der Waals surface area contributed by atoms with Crippen molar-refractivity contribution >= 4 is 12.6 Å². The van der Waals surface area contributed by atoms with E-state index in [2.05, 4.69) is 30.8 Å². The molecule has 3 rings (SSSR count). The third-order valence-electron chi connectivity index (χ3n) is 4.75. The Bertz CT molecular complexity index is 452. The molecule has 1 aliphatic carbocycles. The fourth-order valence-electron chi connectivity index (χ4n) is 3.19. The predicted octanol–water partition coefficient (Wildman–Crippen LogP) is 3.67. The van der Waals surface area contributed by atoms with Crippen LogP contribution in [-0.2, 0) is 17.6 Å². The zero-order valence-corrected chi connectivity index (χ0v) is 13.0. The van der Waals surface area contributed by atoms with E-state index in [1.54, 1.807) is 0 Å². The van der Waals surface area contributed by atoms with Crippen LogP contribution in [0.3, 0.4) is 0 Å². The summed E-state index contributed by atoms with van der Waals surface area (Å²) in [6.07, 6.45) is 7.19. The minimum absolute atomic E-state index is 0.192. The summed E-state index contributed by atoms with van der Waals surface area (Å²) in [6, 6.07) is 6.64. The molecule has 1 heterocycles. The number of thiol groups is 1. The van der Waals surface area contributed by atoms with Crippen LogP contribution in [-0.4, -0.2) is 25.6 Å². The molecular weight excluding hydrogens is 268 g/mol. The van der Waals surface area contributed by atoms with Crippen LogP contribution >= 0.6 is 12.6 Å². The van der Waals surface area contributed by atoms with Crippen molar-refractivity contribution in [3.63, 3.8) is 0 Å². The third-order valence-corrected chi connectivity index (χ3v) is 5.42. The summed E-state index contributed by atoms with van der Waals surface area (Å²) in [7, 11) is 0. The Hall–Kier alpha value is -0.670. The number of rotatable bonds is 4. The molecule has 1 saturated heterocycles. The highest BCUT2D eigenvalue weighted by atomic mass is 32.1. The molecule has 2 nitrogen and oxygen atoms in total. The monoisotopic (exact) mass is 292 g/mol. The van der Waals surface area contributed by atoms with Gasteiger partial charge in [0.15, 0.2) is 0 Å². The molecule has 0 spiro atoms. The van der Waals surface area contributed by atoms with Crippen molar-refractivity contribution in [1.29, 1.82) is 0 Å². The second kappa shape index (κ2) is 6.40. The molecule has 1 fully saturated rings. The Balaban J connectivity index is 1.65. The van der Waals surface area contributed by atoms with Crippen molar-refractivity contribution in [3.05, 3.63) is 29.3 Å². The van der Waals surface area contributed by atoms with Gasteiger partial charge in [0.2, 0.25) is 0 Å². The molecule has 0 bridgehead atoms. The molecular formula is C17H24O2S. The topological polar surface area (TPSA) is 18.5 Å². The maximum absolute atomic E-state index is 6.10. The molecule has 20 heavy (non-hydrogen) atoms. The molecule has 2 aliphatic rings. The second-order valence-electron chi connectivity index (χ2n) is 6.20. The number of benzene rings is 1. The Morgan fingerprint density at radius 2 is 1.85 bits per heavy atom. The number of hydrogen-bond donors (Lipinski definition) is 1. The van der Waals surface area contributed by atoms with Gasteiger partial charge in [-0.1, -0.05) is 6.07 Å². The molecule has 1 aromatic carbocycles. The van der Waals surface area contributed by atoms with Gasteiger partial charge in [0.1, 0.15) is 5.75 Å². The van der Waals surface area contributed by atoms with Crippen LogP contribution in [0.5, 0.6) is 5.75 Å². The lowest BCUT2D eigenvalue weighted by molar-refractivity contribution is 0.00309. The summed E-state index contributed by atoms with van der Waals surface area (Å²) in [5.41, 5.74) is 3.19. The highest BCUT2D eigenvalue weighted by molar-refractivity contribution is 7.80. The fourth-order valence-corrected chi connectivity index (χ4v) is 3.60. The Morgan fingerprint density at radius 3 is 2.60 bits per heavy atom. The van der Waals surface area contributed by atoms with E-state index in [9.17, 15) is 0 Å². The second-order valence-corrected chi connectivity index (χ2v) is 6.51. The van der Waals surface area contributed by atoms with Gasteiger partial charge in [-0.05, 0) is 67.5 Å². The first kappa shape index (κ1) is 14.3. The summed E-state index contributed by atoms with van der Waals surface area (Å²) in [5.74, 6) is 1.90. The zero-order chi connectivity index (χ0) is 13.8.